The first-order chi connectivity index (χ1) is 8.98. The Morgan fingerprint density at radius 2 is 2.00 bits per heavy atom. The summed E-state index contributed by atoms with van der Waals surface area (Å²) in [4.78, 5) is 2.39. The Labute approximate surface area is 116 Å². The van der Waals surface area contributed by atoms with Gasteiger partial charge in [0.2, 0.25) is 0 Å². The predicted molar refractivity (Wildman–Crippen MR) is 77.7 cm³/mol. The lowest BCUT2D eigenvalue weighted by molar-refractivity contribution is 0.137. The standard InChI is InChI=1S/C16H25FN2/c1-13-10-15(17)5-4-14(13)11-18-12-16(2)6-8-19(3)9-7-16/h4-5,10,18H,6-9,11-12H2,1-3H3. The molecule has 1 N–H and O–H groups in total. The SMILES string of the molecule is Cc1cc(F)ccc1CNCC1(C)CCN(C)CC1. The Morgan fingerprint density at radius 1 is 1.32 bits per heavy atom. The van der Waals surface area contributed by atoms with E-state index in [9.17, 15) is 4.39 Å². The highest BCUT2D eigenvalue weighted by Crippen LogP contribution is 2.29. The summed E-state index contributed by atoms with van der Waals surface area (Å²) in [6.45, 7) is 8.58. The van der Waals surface area contributed by atoms with Crippen molar-refractivity contribution in [3.8, 4) is 0 Å². The predicted octanol–water partition coefficient (Wildman–Crippen LogP) is 2.96. The molecule has 2 nitrogen and oxygen atoms in total. The van der Waals surface area contributed by atoms with Crippen molar-refractivity contribution in [2.75, 3.05) is 26.7 Å². The molecule has 1 saturated heterocycles. The highest BCUT2D eigenvalue weighted by Gasteiger charge is 2.28. The van der Waals surface area contributed by atoms with Gasteiger partial charge in [-0.05, 0) is 68.6 Å². The Kier molecular flexibility index (Phi) is 4.58. The number of nitrogens with one attached hydrogen (secondary N) is 1. The maximum atomic E-state index is 13.0. The fraction of sp³-hybridized carbons (Fsp3) is 0.625. The van der Waals surface area contributed by atoms with Crippen LogP contribution in [0, 0.1) is 18.2 Å². The number of hydrogen-bond acceptors (Lipinski definition) is 2. The average molecular weight is 264 g/mol. The number of likely N-dealkylation sites (tertiary alicyclic amines) is 1. The highest BCUT2D eigenvalue weighted by molar-refractivity contribution is 5.26. The first-order valence-corrected chi connectivity index (χ1v) is 7.13. The second-order valence-corrected chi connectivity index (χ2v) is 6.29. The van der Waals surface area contributed by atoms with Crippen LogP contribution in [0.2, 0.25) is 0 Å². The Morgan fingerprint density at radius 3 is 2.63 bits per heavy atom. The van der Waals surface area contributed by atoms with Gasteiger partial charge in [0.25, 0.3) is 0 Å². The molecule has 0 atom stereocenters. The minimum absolute atomic E-state index is 0.150. The molecule has 0 amide bonds. The molecule has 1 fully saturated rings. The zero-order valence-electron chi connectivity index (χ0n) is 12.3. The van der Waals surface area contributed by atoms with Crippen LogP contribution >= 0.6 is 0 Å². The lowest BCUT2D eigenvalue weighted by Gasteiger charge is -2.38. The average Bonchev–Trinajstić information content (AvgIpc) is 2.36. The molecule has 1 aliphatic heterocycles. The van der Waals surface area contributed by atoms with Gasteiger partial charge >= 0.3 is 0 Å². The molecule has 1 aromatic rings. The van der Waals surface area contributed by atoms with E-state index in [4.69, 9.17) is 0 Å². The summed E-state index contributed by atoms with van der Waals surface area (Å²) in [6, 6.07) is 5.03. The molecule has 1 aromatic carbocycles. The maximum absolute atomic E-state index is 13.0. The van der Waals surface area contributed by atoms with E-state index in [1.165, 1.54) is 31.5 Å². The summed E-state index contributed by atoms with van der Waals surface area (Å²) in [6.07, 6.45) is 2.50. The zero-order chi connectivity index (χ0) is 13.9. The van der Waals surface area contributed by atoms with Gasteiger partial charge in [-0.3, -0.25) is 0 Å². The second-order valence-electron chi connectivity index (χ2n) is 6.29. The Bertz CT molecular complexity index is 423. The first kappa shape index (κ1) is 14.5. The maximum Gasteiger partial charge on any atom is 0.123 e. The van der Waals surface area contributed by atoms with E-state index in [0.29, 0.717) is 5.41 Å². The van der Waals surface area contributed by atoms with Crippen molar-refractivity contribution in [1.82, 2.24) is 10.2 Å². The molecule has 19 heavy (non-hydrogen) atoms. The molecule has 0 bridgehead atoms. The molecule has 0 unspecified atom stereocenters. The summed E-state index contributed by atoms with van der Waals surface area (Å²) < 4.78 is 13.0. The third-order valence-corrected chi connectivity index (χ3v) is 4.37. The number of nitrogens with zero attached hydrogens (tertiary/aromatic N) is 1. The molecule has 0 aliphatic carbocycles. The van der Waals surface area contributed by atoms with Crippen molar-refractivity contribution >= 4 is 0 Å². The highest BCUT2D eigenvalue weighted by atomic mass is 19.1. The fourth-order valence-electron chi connectivity index (χ4n) is 2.69. The van der Waals surface area contributed by atoms with Gasteiger partial charge < -0.3 is 10.2 Å². The molecule has 2 rings (SSSR count). The number of benzene rings is 1. The van der Waals surface area contributed by atoms with Crippen molar-refractivity contribution in [2.45, 2.75) is 33.2 Å². The molecule has 0 radical (unpaired) electrons. The normalized spacial score (nSPS) is 19.6. The second kappa shape index (κ2) is 6.02. The van der Waals surface area contributed by atoms with Gasteiger partial charge in [-0.15, -0.1) is 0 Å². The Hall–Kier alpha value is -0.930. The molecular formula is C16H25FN2. The molecule has 0 aromatic heterocycles. The van der Waals surface area contributed by atoms with E-state index >= 15 is 0 Å². The third-order valence-electron chi connectivity index (χ3n) is 4.37. The van der Waals surface area contributed by atoms with Crippen LogP contribution in [0.5, 0.6) is 0 Å². The van der Waals surface area contributed by atoms with Crippen LogP contribution in [-0.4, -0.2) is 31.6 Å². The van der Waals surface area contributed by atoms with Crippen molar-refractivity contribution in [3.05, 3.63) is 35.1 Å². The number of halogens is 1. The van der Waals surface area contributed by atoms with Crippen LogP contribution in [0.1, 0.15) is 30.9 Å². The summed E-state index contributed by atoms with van der Waals surface area (Å²) in [5, 5.41) is 3.55. The van der Waals surface area contributed by atoms with E-state index in [0.717, 1.165) is 18.7 Å². The summed E-state index contributed by atoms with van der Waals surface area (Å²) in [5.41, 5.74) is 2.62. The summed E-state index contributed by atoms with van der Waals surface area (Å²) in [5.74, 6) is -0.150. The smallest absolute Gasteiger partial charge is 0.123 e. The van der Waals surface area contributed by atoms with E-state index in [2.05, 4.69) is 24.2 Å². The van der Waals surface area contributed by atoms with Crippen molar-refractivity contribution < 1.29 is 4.39 Å². The summed E-state index contributed by atoms with van der Waals surface area (Å²) >= 11 is 0. The quantitative estimate of drug-likeness (QED) is 0.899. The van der Waals surface area contributed by atoms with Gasteiger partial charge in [0.15, 0.2) is 0 Å². The number of aryl methyl sites for hydroxylation is 1. The van der Waals surface area contributed by atoms with Crippen LogP contribution in [0.15, 0.2) is 18.2 Å². The van der Waals surface area contributed by atoms with Gasteiger partial charge in [0, 0.05) is 13.1 Å². The van der Waals surface area contributed by atoms with Gasteiger partial charge in [-0.25, -0.2) is 4.39 Å². The van der Waals surface area contributed by atoms with Gasteiger partial charge in [0.1, 0.15) is 5.82 Å². The molecule has 1 heterocycles. The number of hydrogen-bond donors (Lipinski definition) is 1. The molecular weight excluding hydrogens is 239 g/mol. The van der Waals surface area contributed by atoms with Crippen molar-refractivity contribution in [2.24, 2.45) is 5.41 Å². The number of piperidine rings is 1. The minimum Gasteiger partial charge on any atom is -0.312 e. The monoisotopic (exact) mass is 264 g/mol. The topological polar surface area (TPSA) is 15.3 Å². The third kappa shape index (κ3) is 4.02. The number of rotatable bonds is 4. The lowest BCUT2D eigenvalue weighted by atomic mass is 9.80. The molecule has 1 aliphatic rings. The van der Waals surface area contributed by atoms with Crippen LogP contribution in [0.3, 0.4) is 0 Å². The van der Waals surface area contributed by atoms with E-state index < -0.39 is 0 Å². The largest absolute Gasteiger partial charge is 0.312 e. The molecule has 0 spiro atoms. The zero-order valence-corrected chi connectivity index (χ0v) is 12.3. The fourth-order valence-corrected chi connectivity index (χ4v) is 2.69. The molecule has 106 valence electrons. The van der Waals surface area contributed by atoms with E-state index in [1.54, 1.807) is 12.1 Å². The van der Waals surface area contributed by atoms with Crippen LogP contribution in [0.4, 0.5) is 4.39 Å². The lowest BCUT2D eigenvalue weighted by Crippen LogP contribution is -2.41. The van der Waals surface area contributed by atoms with Gasteiger partial charge in [-0.2, -0.15) is 0 Å². The Balaban J connectivity index is 1.83. The van der Waals surface area contributed by atoms with Crippen LogP contribution in [0.25, 0.3) is 0 Å². The van der Waals surface area contributed by atoms with E-state index in [-0.39, 0.29) is 5.82 Å². The van der Waals surface area contributed by atoms with Gasteiger partial charge in [-0.1, -0.05) is 13.0 Å². The first-order valence-electron chi connectivity index (χ1n) is 7.13. The summed E-state index contributed by atoms with van der Waals surface area (Å²) in [7, 11) is 2.19. The molecule has 0 saturated carbocycles. The van der Waals surface area contributed by atoms with Crippen LogP contribution < -0.4 is 5.32 Å². The molecule has 3 heteroatoms. The van der Waals surface area contributed by atoms with Crippen LogP contribution in [-0.2, 0) is 6.54 Å². The van der Waals surface area contributed by atoms with E-state index in [1.807, 2.05) is 13.0 Å². The van der Waals surface area contributed by atoms with Crippen molar-refractivity contribution in [1.29, 1.82) is 0 Å². The van der Waals surface area contributed by atoms with Gasteiger partial charge in [0.05, 0.1) is 0 Å². The minimum atomic E-state index is -0.150. The van der Waals surface area contributed by atoms with Crippen molar-refractivity contribution in [3.63, 3.8) is 0 Å².